The molecule has 0 spiro atoms. The Labute approximate surface area is 357 Å². The lowest BCUT2D eigenvalue weighted by molar-refractivity contribution is -0.371. The van der Waals surface area contributed by atoms with Crippen LogP contribution in [-0.2, 0) is 52.3 Å². The molecule has 5 N–H and O–H groups in total. The monoisotopic (exact) mass is 864 g/mol. The molecule has 16 heteroatoms. The average Bonchev–Trinajstić information content (AvgIpc) is 3.21. The Morgan fingerprint density at radius 1 is 0.672 bits per heavy atom. The van der Waals surface area contributed by atoms with Gasteiger partial charge >= 0.3 is 17.9 Å². The molecule has 6 fully saturated rings. The predicted octanol–water partition coefficient (Wildman–Crippen LogP) is 2.51. The highest BCUT2D eigenvalue weighted by Gasteiger charge is 2.71. The van der Waals surface area contributed by atoms with Crippen molar-refractivity contribution in [3.63, 3.8) is 0 Å². The summed E-state index contributed by atoms with van der Waals surface area (Å²) in [6.45, 7) is 15.4. The van der Waals surface area contributed by atoms with Gasteiger partial charge in [0, 0.05) is 5.92 Å². The summed E-state index contributed by atoms with van der Waals surface area (Å²) >= 11 is 0. The van der Waals surface area contributed by atoms with Gasteiger partial charge in [-0.3, -0.25) is 9.59 Å². The minimum absolute atomic E-state index is 0.0224. The van der Waals surface area contributed by atoms with Gasteiger partial charge in [-0.25, -0.2) is 9.59 Å². The van der Waals surface area contributed by atoms with E-state index in [0.717, 1.165) is 52.7 Å². The number of esters is 3. The number of fused-ring (bicyclic) bond motifs is 7. The smallest absolute Gasteiger partial charge is 0.337 e. The fourth-order valence-electron chi connectivity index (χ4n) is 13.8. The van der Waals surface area contributed by atoms with Gasteiger partial charge in [0.2, 0.25) is 0 Å². The van der Waals surface area contributed by atoms with E-state index in [-0.39, 0.29) is 45.8 Å². The summed E-state index contributed by atoms with van der Waals surface area (Å²) in [7, 11) is 3.59. The third-order valence-corrected chi connectivity index (χ3v) is 17.8. The predicted molar refractivity (Wildman–Crippen MR) is 213 cm³/mol. The number of rotatable bonds is 7. The van der Waals surface area contributed by atoms with E-state index in [4.69, 9.17) is 28.4 Å². The van der Waals surface area contributed by atoms with Gasteiger partial charge in [0.05, 0.1) is 32.8 Å². The second-order valence-corrected chi connectivity index (χ2v) is 21.2. The summed E-state index contributed by atoms with van der Waals surface area (Å²) in [6, 6.07) is 0. The first kappa shape index (κ1) is 46.5. The minimum Gasteiger partial charge on any atom is -0.469 e. The maximum Gasteiger partial charge on any atom is 0.337 e. The zero-order valence-corrected chi connectivity index (χ0v) is 37.3. The van der Waals surface area contributed by atoms with Crippen molar-refractivity contribution in [2.75, 3.05) is 21.3 Å². The van der Waals surface area contributed by atoms with Crippen molar-refractivity contribution in [3.8, 4) is 0 Å². The molecule has 2 saturated heterocycles. The van der Waals surface area contributed by atoms with Crippen LogP contribution in [-0.4, -0.2) is 138 Å². The van der Waals surface area contributed by atoms with Crippen LogP contribution in [0, 0.1) is 50.2 Å². The molecule has 16 nitrogen and oxygen atoms in total. The number of carbonyl (C=O) groups excluding carboxylic acids is 4. The van der Waals surface area contributed by atoms with Crippen molar-refractivity contribution >= 4 is 23.7 Å². The molecule has 344 valence electrons. The number of aliphatic hydroxyl groups excluding tert-OH is 5. The highest BCUT2D eigenvalue weighted by molar-refractivity contribution is 5.95. The number of methoxy groups -OCH3 is 3. The van der Waals surface area contributed by atoms with Crippen LogP contribution >= 0.6 is 0 Å². The van der Waals surface area contributed by atoms with Crippen LogP contribution in [0.5, 0.6) is 0 Å². The number of carbonyl (C=O) groups is 4. The molecular formula is C45H68O16. The molecule has 7 aliphatic rings. The van der Waals surface area contributed by atoms with Gasteiger partial charge < -0.3 is 58.7 Å². The van der Waals surface area contributed by atoms with Gasteiger partial charge in [-0.1, -0.05) is 47.1 Å². The largest absolute Gasteiger partial charge is 0.469 e. The second kappa shape index (κ2) is 15.9. The van der Waals surface area contributed by atoms with E-state index in [1.807, 2.05) is 13.0 Å². The molecule has 2 heterocycles. The molecule has 2 aliphatic heterocycles. The summed E-state index contributed by atoms with van der Waals surface area (Å²) in [4.78, 5) is 53.4. The van der Waals surface area contributed by atoms with Crippen LogP contribution in [0.15, 0.2) is 11.6 Å². The zero-order chi connectivity index (χ0) is 45.0. The normalized spacial score (nSPS) is 50.4. The van der Waals surface area contributed by atoms with E-state index in [1.54, 1.807) is 0 Å². The third kappa shape index (κ3) is 6.95. The van der Waals surface area contributed by atoms with Crippen LogP contribution < -0.4 is 0 Å². The number of allylic oxidation sites excluding steroid dienone is 2. The number of hydrogen-bond acceptors (Lipinski definition) is 16. The van der Waals surface area contributed by atoms with Crippen molar-refractivity contribution in [2.45, 2.75) is 174 Å². The van der Waals surface area contributed by atoms with Gasteiger partial charge in [-0.2, -0.15) is 0 Å². The summed E-state index contributed by atoms with van der Waals surface area (Å²) in [6.07, 6.45) is -9.88. The highest BCUT2D eigenvalue weighted by Crippen LogP contribution is 2.75. The Hall–Kier alpha value is -2.54. The van der Waals surface area contributed by atoms with E-state index in [0.29, 0.717) is 19.3 Å². The number of ether oxygens (including phenoxy) is 7. The number of aliphatic hydroxyl groups is 5. The van der Waals surface area contributed by atoms with Crippen molar-refractivity contribution in [3.05, 3.63) is 11.6 Å². The second-order valence-electron chi connectivity index (χ2n) is 21.2. The minimum atomic E-state index is -1.93. The molecule has 0 aromatic carbocycles. The molecule has 0 aromatic rings. The van der Waals surface area contributed by atoms with Crippen molar-refractivity contribution < 1.29 is 77.9 Å². The summed E-state index contributed by atoms with van der Waals surface area (Å²) in [5.74, 6) is -2.39. The van der Waals surface area contributed by atoms with Crippen LogP contribution in [0.1, 0.15) is 106 Å². The first-order valence-corrected chi connectivity index (χ1v) is 21.9. The lowest BCUT2D eigenvalue weighted by atomic mass is 9.33. The molecule has 0 amide bonds. The summed E-state index contributed by atoms with van der Waals surface area (Å²) in [5, 5.41) is 54.5. The lowest BCUT2D eigenvalue weighted by Crippen LogP contribution is -2.68. The zero-order valence-electron chi connectivity index (χ0n) is 37.3. The molecular weight excluding hydrogens is 796 g/mol. The molecule has 7 rings (SSSR count). The first-order chi connectivity index (χ1) is 28.4. The van der Waals surface area contributed by atoms with Crippen LogP contribution in [0.3, 0.4) is 0 Å². The van der Waals surface area contributed by atoms with Gasteiger partial charge in [0.1, 0.15) is 36.6 Å². The van der Waals surface area contributed by atoms with E-state index >= 15 is 0 Å². The van der Waals surface area contributed by atoms with Gasteiger partial charge in [-0.15, -0.1) is 0 Å². The highest BCUT2D eigenvalue weighted by atomic mass is 16.8. The molecule has 4 saturated carbocycles. The van der Waals surface area contributed by atoms with Crippen LogP contribution in [0.25, 0.3) is 0 Å². The third-order valence-electron chi connectivity index (χ3n) is 17.8. The molecule has 0 radical (unpaired) electrons. The Kier molecular flexibility index (Phi) is 12.1. The number of hydrogen-bond donors (Lipinski definition) is 5. The van der Waals surface area contributed by atoms with Crippen molar-refractivity contribution in [1.29, 1.82) is 0 Å². The lowest BCUT2D eigenvalue weighted by Gasteiger charge is -2.70. The molecule has 0 aromatic heterocycles. The van der Waals surface area contributed by atoms with E-state index in [1.165, 1.54) is 12.7 Å². The van der Waals surface area contributed by atoms with E-state index in [9.17, 15) is 44.7 Å². The Morgan fingerprint density at radius 3 is 1.87 bits per heavy atom. The fraction of sp³-hybridized carbons (Fsp3) is 0.867. The van der Waals surface area contributed by atoms with Crippen molar-refractivity contribution in [1.82, 2.24) is 0 Å². The maximum atomic E-state index is 15.0. The first-order valence-electron chi connectivity index (χ1n) is 21.9. The number of ketones is 1. The Bertz CT molecular complexity index is 1780. The quantitative estimate of drug-likeness (QED) is 0.141. The molecule has 0 bridgehead atoms. The van der Waals surface area contributed by atoms with E-state index < -0.39 is 95.7 Å². The SMILES string of the molecule is COC(=O)[C@H]1O[C@@H](O[C@H]2[C@H](O[C@H]3CC[C@]4(C)[C@H]5C(=O)C=C6[C@@H]7C[C@@](C)(C(=O)OC)CC[C@]7(C)CC[C@@]6(C)[C@]5(C)CC[C@H]4C3(C)C)O[C@H](C(=O)OC)[C@@H](O)[C@@H]2O)[C@H](O)[C@@H](O)[C@@H]1O. The standard InChI is InChI=1S/C45H68O16/c1-40(2)24-11-14-45(7)34(23(46)19-21-22-20-42(4,39(54)57-10)16-15-41(22,3)17-18-44(21,45)6)43(24,5)13-12-25(40)58-38-33(29(50)28(49)32(60-38)36(53)56-9)61-37-30(51)26(47)27(48)31(59-37)35(52)55-8/h19,22,24-34,37-38,47-51H,11-18,20H2,1-10H3/t22-,24-,25-,26-,27-,28-,29-,30+,31-,32-,33+,34+,37-,38+,41+,42-,43-,44+,45+/m0/s1. The Morgan fingerprint density at radius 2 is 1.26 bits per heavy atom. The van der Waals surface area contributed by atoms with Gasteiger partial charge in [0.25, 0.3) is 0 Å². The molecule has 61 heavy (non-hydrogen) atoms. The summed E-state index contributed by atoms with van der Waals surface area (Å²) < 4.78 is 39.1. The topological polar surface area (TPSA) is 234 Å². The summed E-state index contributed by atoms with van der Waals surface area (Å²) in [5.41, 5.74) is -1.21. The maximum absolute atomic E-state index is 15.0. The molecule has 5 aliphatic carbocycles. The molecule has 0 unspecified atom stereocenters. The Balaban J connectivity index is 1.18. The average molecular weight is 865 g/mol. The van der Waals surface area contributed by atoms with E-state index in [2.05, 4.69) is 46.3 Å². The molecule has 19 atom stereocenters. The van der Waals surface area contributed by atoms with Crippen LogP contribution in [0.2, 0.25) is 0 Å². The van der Waals surface area contributed by atoms with Crippen molar-refractivity contribution in [2.24, 2.45) is 50.2 Å². The fourth-order valence-corrected chi connectivity index (χ4v) is 13.8. The van der Waals surface area contributed by atoms with Crippen LogP contribution in [0.4, 0.5) is 0 Å². The van der Waals surface area contributed by atoms with Gasteiger partial charge in [0.15, 0.2) is 30.6 Å². The van der Waals surface area contributed by atoms with Gasteiger partial charge in [-0.05, 0) is 110 Å².